The van der Waals surface area contributed by atoms with Crippen LogP contribution < -0.4 is 0 Å². The van der Waals surface area contributed by atoms with Gasteiger partial charge in [-0.25, -0.2) is 4.39 Å². The quantitative estimate of drug-likeness (QED) is 0.619. The van der Waals surface area contributed by atoms with E-state index in [1.807, 2.05) is 91.0 Å². The molecule has 0 amide bonds. The fourth-order valence-corrected chi connectivity index (χ4v) is 3.09. The normalized spacial score (nSPS) is 12.2. The van der Waals surface area contributed by atoms with E-state index in [1.165, 1.54) is 6.08 Å². The highest BCUT2D eigenvalue weighted by Gasteiger charge is 2.37. The van der Waals surface area contributed by atoms with Gasteiger partial charge in [0.15, 0.2) is 0 Å². The van der Waals surface area contributed by atoms with E-state index in [2.05, 4.69) is 0 Å². The molecule has 0 heterocycles. The third-order valence-electron chi connectivity index (χ3n) is 4.30. The molecule has 0 spiro atoms. The van der Waals surface area contributed by atoms with Crippen LogP contribution in [0.15, 0.2) is 103 Å². The zero-order valence-corrected chi connectivity index (χ0v) is 14.4. The van der Waals surface area contributed by atoms with Crippen molar-refractivity contribution in [3.8, 4) is 0 Å². The standard InChI is InChI=1S/C23H21FO2/c24-22(18-25)16-17-26-23(19-10-4-1-5-11-19,20-12-6-2-7-13-20)21-14-8-3-9-15-21/h1-16,25H,17-18H2/b22-16+. The van der Waals surface area contributed by atoms with Crippen molar-refractivity contribution in [2.45, 2.75) is 5.60 Å². The predicted molar refractivity (Wildman–Crippen MR) is 101 cm³/mol. The fraction of sp³-hybridized carbons (Fsp3) is 0.130. The molecule has 0 saturated heterocycles. The molecule has 1 N–H and O–H groups in total. The van der Waals surface area contributed by atoms with Gasteiger partial charge in [-0.2, -0.15) is 0 Å². The molecule has 0 aromatic heterocycles. The lowest BCUT2D eigenvalue weighted by atomic mass is 9.80. The summed E-state index contributed by atoms with van der Waals surface area (Å²) < 4.78 is 19.8. The van der Waals surface area contributed by atoms with Crippen LogP contribution >= 0.6 is 0 Å². The lowest BCUT2D eigenvalue weighted by Crippen LogP contribution is -2.33. The van der Waals surface area contributed by atoms with Crippen molar-refractivity contribution in [1.29, 1.82) is 0 Å². The summed E-state index contributed by atoms with van der Waals surface area (Å²) in [6, 6.07) is 29.7. The Labute approximate surface area is 153 Å². The van der Waals surface area contributed by atoms with Gasteiger partial charge in [-0.1, -0.05) is 91.0 Å². The van der Waals surface area contributed by atoms with Gasteiger partial charge in [0.05, 0.1) is 13.2 Å². The Bertz CT molecular complexity index is 733. The summed E-state index contributed by atoms with van der Waals surface area (Å²) >= 11 is 0. The molecule has 3 heteroatoms. The Balaban J connectivity index is 2.18. The van der Waals surface area contributed by atoms with Crippen LogP contribution in [0.2, 0.25) is 0 Å². The SMILES string of the molecule is OC/C(F)=C\COC(c1ccccc1)(c1ccccc1)c1ccccc1. The maximum atomic E-state index is 13.4. The maximum absolute atomic E-state index is 13.4. The summed E-state index contributed by atoms with van der Waals surface area (Å²) in [4.78, 5) is 0. The van der Waals surface area contributed by atoms with Crippen LogP contribution in [0.1, 0.15) is 16.7 Å². The van der Waals surface area contributed by atoms with Crippen molar-refractivity contribution in [3.05, 3.63) is 120 Å². The summed E-state index contributed by atoms with van der Waals surface area (Å²) in [5.74, 6) is -0.604. The van der Waals surface area contributed by atoms with Crippen LogP contribution in [0.5, 0.6) is 0 Å². The smallest absolute Gasteiger partial charge is 0.144 e. The number of rotatable bonds is 7. The molecular weight excluding hydrogens is 327 g/mol. The Morgan fingerprint density at radius 1 is 0.769 bits per heavy atom. The average molecular weight is 348 g/mol. The molecule has 132 valence electrons. The first-order valence-electron chi connectivity index (χ1n) is 8.53. The van der Waals surface area contributed by atoms with Gasteiger partial charge in [-0.15, -0.1) is 0 Å². The molecule has 0 unspecified atom stereocenters. The number of hydrogen-bond acceptors (Lipinski definition) is 2. The van der Waals surface area contributed by atoms with Crippen LogP contribution in [0.4, 0.5) is 4.39 Å². The van der Waals surface area contributed by atoms with E-state index < -0.39 is 18.0 Å². The first-order valence-corrected chi connectivity index (χ1v) is 8.53. The van der Waals surface area contributed by atoms with Crippen molar-refractivity contribution >= 4 is 0 Å². The maximum Gasteiger partial charge on any atom is 0.144 e. The van der Waals surface area contributed by atoms with Crippen LogP contribution in [0.25, 0.3) is 0 Å². The summed E-state index contributed by atoms with van der Waals surface area (Å²) in [5, 5.41) is 8.92. The highest BCUT2D eigenvalue weighted by atomic mass is 19.1. The molecule has 0 atom stereocenters. The van der Waals surface area contributed by atoms with E-state index in [-0.39, 0.29) is 6.61 Å². The third kappa shape index (κ3) is 3.74. The van der Waals surface area contributed by atoms with Crippen molar-refractivity contribution in [2.24, 2.45) is 0 Å². The molecule has 2 nitrogen and oxygen atoms in total. The second-order valence-electron chi connectivity index (χ2n) is 5.90. The minimum atomic E-state index is -0.879. The molecule has 0 saturated carbocycles. The van der Waals surface area contributed by atoms with E-state index in [0.29, 0.717) is 0 Å². The zero-order valence-electron chi connectivity index (χ0n) is 14.4. The molecule has 3 aromatic carbocycles. The highest BCUT2D eigenvalue weighted by molar-refractivity contribution is 5.47. The summed E-state index contributed by atoms with van der Waals surface area (Å²) in [6.45, 7) is -0.594. The summed E-state index contributed by atoms with van der Waals surface area (Å²) in [6.07, 6.45) is 1.27. The van der Waals surface area contributed by atoms with Crippen LogP contribution in [0, 0.1) is 0 Å². The van der Waals surface area contributed by atoms with E-state index in [1.54, 1.807) is 0 Å². The molecule has 26 heavy (non-hydrogen) atoms. The van der Waals surface area contributed by atoms with Gasteiger partial charge in [-0.3, -0.25) is 0 Å². The van der Waals surface area contributed by atoms with E-state index in [0.717, 1.165) is 16.7 Å². The average Bonchev–Trinajstić information content (AvgIpc) is 2.73. The molecule has 0 aliphatic heterocycles. The molecule has 0 radical (unpaired) electrons. The number of benzene rings is 3. The van der Waals surface area contributed by atoms with Gasteiger partial charge in [-0.05, 0) is 22.8 Å². The molecular formula is C23H21FO2. The largest absolute Gasteiger partial charge is 0.389 e. The number of hydrogen-bond donors (Lipinski definition) is 1. The van der Waals surface area contributed by atoms with Crippen molar-refractivity contribution in [3.63, 3.8) is 0 Å². The second kappa shape index (κ2) is 8.56. The van der Waals surface area contributed by atoms with Crippen molar-refractivity contribution in [1.82, 2.24) is 0 Å². The Morgan fingerprint density at radius 2 is 1.15 bits per heavy atom. The third-order valence-corrected chi connectivity index (χ3v) is 4.30. The number of aliphatic hydroxyl groups excluding tert-OH is 1. The topological polar surface area (TPSA) is 29.5 Å². The first kappa shape index (κ1) is 18.1. The lowest BCUT2D eigenvalue weighted by molar-refractivity contribution is 0.0310. The molecule has 3 aromatic rings. The molecule has 0 bridgehead atoms. The molecule has 0 aliphatic rings. The Hall–Kier alpha value is -2.75. The van der Waals surface area contributed by atoms with Crippen molar-refractivity contribution < 1.29 is 14.2 Å². The van der Waals surface area contributed by atoms with Gasteiger partial charge in [0, 0.05) is 0 Å². The molecule has 3 rings (SSSR count). The zero-order chi connectivity index (χ0) is 18.2. The lowest BCUT2D eigenvalue weighted by Gasteiger charge is -2.35. The van der Waals surface area contributed by atoms with Crippen LogP contribution in [-0.4, -0.2) is 18.3 Å². The minimum Gasteiger partial charge on any atom is -0.389 e. The molecule has 0 aliphatic carbocycles. The van der Waals surface area contributed by atoms with Crippen LogP contribution in [0.3, 0.4) is 0 Å². The van der Waals surface area contributed by atoms with Gasteiger partial charge in [0.25, 0.3) is 0 Å². The number of aliphatic hydroxyl groups is 1. The minimum absolute atomic E-state index is 0.0328. The van der Waals surface area contributed by atoms with Gasteiger partial charge < -0.3 is 9.84 Å². The Kier molecular flexibility index (Phi) is 5.95. The summed E-state index contributed by atoms with van der Waals surface area (Å²) in [7, 11) is 0. The fourth-order valence-electron chi connectivity index (χ4n) is 3.09. The second-order valence-corrected chi connectivity index (χ2v) is 5.90. The molecule has 0 fully saturated rings. The van der Waals surface area contributed by atoms with E-state index in [4.69, 9.17) is 9.84 Å². The number of halogens is 1. The highest BCUT2D eigenvalue weighted by Crippen LogP contribution is 2.40. The van der Waals surface area contributed by atoms with Crippen LogP contribution in [-0.2, 0) is 10.3 Å². The van der Waals surface area contributed by atoms with Gasteiger partial charge in [0.1, 0.15) is 11.4 Å². The Morgan fingerprint density at radius 3 is 1.50 bits per heavy atom. The van der Waals surface area contributed by atoms with Gasteiger partial charge in [0.2, 0.25) is 0 Å². The monoisotopic (exact) mass is 348 g/mol. The van der Waals surface area contributed by atoms with Crippen molar-refractivity contribution in [2.75, 3.05) is 13.2 Å². The first-order chi connectivity index (χ1) is 12.8. The van der Waals surface area contributed by atoms with E-state index in [9.17, 15) is 4.39 Å². The number of ether oxygens (including phenoxy) is 1. The summed E-state index contributed by atoms with van der Waals surface area (Å²) in [5.41, 5.74) is 1.98. The predicted octanol–water partition coefficient (Wildman–Crippen LogP) is 4.84. The van der Waals surface area contributed by atoms with E-state index >= 15 is 0 Å². The van der Waals surface area contributed by atoms with Gasteiger partial charge >= 0.3 is 0 Å².